The van der Waals surface area contributed by atoms with Gasteiger partial charge in [0.2, 0.25) is 0 Å². The Bertz CT molecular complexity index is 1490. The van der Waals surface area contributed by atoms with Gasteiger partial charge < -0.3 is 0 Å². The number of fused-ring (bicyclic) bond motifs is 1. The third-order valence-corrected chi connectivity index (χ3v) is 8.46. The number of hydrogen-bond donors (Lipinski definition) is 0. The van der Waals surface area contributed by atoms with Gasteiger partial charge in [-0.1, -0.05) is 12.1 Å². The minimum atomic E-state index is -3.75. The van der Waals surface area contributed by atoms with Crippen molar-refractivity contribution in [3.8, 4) is 11.3 Å². The van der Waals surface area contributed by atoms with Crippen molar-refractivity contribution in [3.63, 3.8) is 0 Å². The van der Waals surface area contributed by atoms with Crippen molar-refractivity contribution >= 4 is 33.1 Å². The summed E-state index contributed by atoms with van der Waals surface area (Å²) in [6.45, 7) is 0. The molecule has 0 atom stereocenters. The molecule has 0 saturated carbocycles. The number of sulfone groups is 1. The Morgan fingerprint density at radius 1 is 1.03 bits per heavy atom. The molecule has 4 aromatic rings. The number of benzene rings is 1. The van der Waals surface area contributed by atoms with E-state index >= 15 is 4.39 Å². The summed E-state index contributed by atoms with van der Waals surface area (Å²) in [4.78, 5) is 17.2. The van der Waals surface area contributed by atoms with E-state index in [0.717, 1.165) is 23.1 Å². The third kappa shape index (κ3) is 4.07. The fourth-order valence-electron chi connectivity index (χ4n) is 3.72. The largest absolute Gasteiger partial charge is 0.260 e. The highest BCUT2D eigenvalue weighted by atomic mass is 32.2. The van der Waals surface area contributed by atoms with Crippen LogP contribution in [-0.4, -0.2) is 29.6 Å². The van der Waals surface area contributed by atoms with E-state index < -0.39 is 27.2 Å². The minimum absolute atomic E-state index is 0.0928. The van der Waals surface area contributed by atoms with Crippen LogP contribution in [0.25, 0.3) is 11.3 Å². The van der Waals surface area contributed by atoms with Gasteiger partial charge >= 0.3 is 0 Å². The molecule has 0 N–H and O–H groups in total. The molecule has 6 nitrogen and oxygen atoms in total. The highest BCUT2D eigenvalue weighted by Crippen LogP contribution is 2.35. The van der Waals surface area contributed by atoms with E-state index in [9.17, 15) is 12.8 Å². The summed E-state index contributed by atoms with van der Waals surface area (Å²) in [5.41, 5.74) is 2.57. The Morgan fingerprint density at radius 3 is 2.73 bits per heavy atom. The Kier molecular flexibility index (Phi) is 5.55. The lowest BCUT2D eigenvalue weighted by atomic mass is 9.99. The zero-order valence-corrected chi connectivity index (χ0v) is 18.7. The number of hydrogen-bond acceptors (Lipinski definition) is 7. The SMILES string of the molecule is O=S(=O)(Cc1ccc(F)c(Cc2ncccc2-c2ncnc3c2N=CC3)c1F)c1cccs1. The molecule has 5 rings (SSSR count). The summed E-state index contributed by atoms with van der Waals surface area (Å²) in [7, 11) is -3.75. The average Bonchev–Trinajstić information content (AvgIpc) is 3.51. The van der Waals surface area contributed by atoms with Crippen molar-refractivity contribution in [2.75, 3.05) is 0 Å². The summed E-state index contributed by atoms with van der Waals surface area (Å²) >= 11 is 1.06. The van der Waals surface area contributed by atoms with Crippen LogP contribution in [0.2, 0.25) is 0 Å². The summed E-state index contributed by atoms with van der Waals surface area (Å²) < 4.78 is 55.5. The molecule has 0 aliphatic carbocycles. The normalized spacial score (nSPS) is 12.8. The average molecular weight is 483 g/mol. The summed E-state index contributed by atoms with van der Waals surface area (Å²) in [6.07, 6.45) is 5.10. The maximum absolute atomic E-state index is 15.4. The molecule has 0 radical (unpaired) electrons. The van der Waals surface area contributed by atoms with Gasteiger partial charge in [-0.05, 0) is 29.6 Å². The van der Waals surface area contributed by atoms with Crippen LogP contribution < -0.4 is 0 Å². The van der Waals surface area contributed by atoms with Crippen molar-refractivity contribution in [2.45, 2.75) is 22.8 Å². The maximum Gasteiger partial charge on any atom is 0.191 e. The first-order chi connectivity index (χ1) is 15.9. The van der Waals surface area contributed by atoms with Crippen LogP contribution in [0.1, 0.15) is 22.5 Å². The summed E-state index contributed by atoms with van der Waals surface area (Å²) in [6, 6.07) is 8.81. The molecule has 0 bridgehead atoms. The van der Waals surface area contributed by atoms with E-state index in [2.05, 4.69) is 19.9 Å². The molecular formula is C23H16F2N4O2S2. The second kappa shape index (κ2) is 8.53. The number of aliphatic imine (C=N–C) groups is 1. The molecule has 0 amide bonds. The number of aromatic nitrogens is 3. The van der Waals surface area contributed by atoms with Crippen molar-refractivity contribution in [3.05, 3.63) is 88.5 Å². The fourth-order valence-corrected chi connectivity index (χ4v) is 6.16. The molecule has 4 heterocycles. The predicted molar refractivity (Wildman–Crippen MR) is 121 cm³/mol. The van der Waals surface area contributed by atoms with Gasteiger partial charge in [-0.2, -0.15) is 0 Å². The van der Waals surface area contributed by atoms with Crippen molar-refractivity contribution in [2.24, 2.45) is 4.99 Å². The van der Waals surface area contributed by atoms with E-state index in [1.807, 2.05) is 0 Å². The zero-order chi connectivity index (χ0) is 23.0. The van der Waals surface area contributed by atoms with Crippen molar-refractivity contribution < 1.29 is 17.2 Å². The smallest absolute Gasteiger partial charge is 0.191 e. The molecule has 0 saturated heterocycles. The lowest BCUT2D eigenvalue weighted by Crippen LogP contribution is -2.09. The second-order valence-corrected chi connectivity index (χ2v) is 10.6. The van der Waals surface area contributed by atoms with Crippen LogP contribution in [0, 0.1) is 11.6 Å². The molecule has 1 aromatic carbocycles. The first-order valence-electron chi connectivity index (χ1n) is 9.96. The number of nitrogens with zero attached hydrogens (tertiary/aromatic N) is 4. The minimum Gasteiger partial charge on any atom is -0.260 e. The van der Waals surface area contributed by atoms with E-state index in [1.165, 1.54) is 24.7 Å². The van der Waals surface area contributed by atoms with E-state index in [4.69, 9.17) is 0 Å². The highest BCUT2D eigenvalue weighted by molar-refractivity contribution is 7.92. The summed E-state index contributed by atoms with van der Waals surface area (Å²) in [5.74, 6) is -2.22. The first-order valence-corrected chi connectivity index (χ1v) is 12.5. The number of thiophene rings is 1. The Balaban J connectivity index is 1.54. The van der Waals surface area contributed by atoms with Crippen LogP contribution in [-0.2, 0) is 28.4 Å². The molecule has 3 aromatic heterocycles. The Labute approximate surface area is 192 Å². The molecule has 0 fully saturated rings. The van der Waals surface area contributed by atoms with Crippen LogP contribution in [0.3, 0.4) is 0 Å². The summed E-state index contributed by atoms with van der Waals surface area (Å²) in [5, 5.41) is 1.63. The molecule has 166 valence electrons. The Morgan fingerprint density at radius 2 is 1.91 bits per heavy atom. The zero-order valence-electron chi connectivity index (χ0n) is 17.1. The molecule has 1 aliphatic rings. The quantitative estimate of drug-likeness (QED) is 0.398. The van der Waals surface area contributed by atoms with Gasteiger partial charge in [-0.3, -0.25) is 9.98 Å². The van der Waals surface area contributed by atoms with E-state index in [1.54, 1.807) is 29.8 Å². The third-order valence-electron chi connectivity index (χ3n) is 5.31. The lowest BCUT2D eigenvalue weighted by molar-refractivity contribution is 0.550. The van der Waals surface area contributed by atoms with Crippen LogP contribution in [0.15, 0.2) is 63.5 Å². The molecule has 1 aliphatic heterocycles. The van der Waals surface area contributed by atoms with Gasteiger partial charge in [-0.25, -0.2) is 27.2 Å². The molecular weight excluding hydrogens is 466 g/mol. The fraction of sp³-hybridized carbons (Fsp3) is 0.130. The van der Waals surface area contributed by atoms with Gasteiger partial charge in [0, 0.05) is 41.9 Å². The Hall–Kier alpha value is -3.37. The topological polar surface area (TPSA) is 85.2 Å². The van der Waals surface area contributed by atoms with Gasteiger partial charge in [0.25, 0.3) is 0 Å². The van der Waals surface area contributed by atoms with Crippen LogP contribution in [0.4, 0.5) is 14.5 Å². The van der Waals surface area contributed by atoms with Gasteiger partial charge in [0.15, 0.2) is 9.84 Å². The van der Waals surface area contributed by atoms with Crippen LogP contribution >= 0.6 is 11.3 Å². The standard InChI is InChI=1S/C23H16F2N4O2S2/c24-17-6-5-14(12-33(30,31)20-4-2-10-32-20)21(25)16(17)11-19-15(3-1-8-26-19)22-23-18(7-9-27-23)28-13-29-22/h1-6,8-10,13H,7,11-12H2. The molecule has 33 heavy (non-hydrogen) atoms. The lowest BCUT2D eigenvalue weighted by Gasteiger charge is -2.13. The first kappa shape index (κ1) is 21.5. The predicted octanol–water partition coefficient (Wildman–Crippen LogP) is 4.70. The van der Waals surface area contributed by atoms with Gasteiger partial charge in [0.1, 0.15) is 33.6 Å². The number of pyridine rings is 1. The monoisotopic (exact) mass is 482 g/mol. The van der Waals surface area contributed by atoms with Crippen LogP contribution in [0.5, 0.6) is 0 Å². The highest BCUT2D eigenvalue weighted by Gasteiger charge is 2.24. The second-order valence-electron chi connectivity index (χ2n) is 7.40. The number of halogens is 2. The molecule has 0 unspecified atom stereocenters. The maximum atomic E-state index is 15.4. The van der Waals surface area contributed by atoms with Crippen molar-refractivity contribution in [1.82, 2.24) is 15.0 Å². The molecule has 10 heteroatoms. The van der Waals surface area contributed by atoms with Gasteiger partial charge in [0.05, 0.1) is 17.1 Å². The molecule has 0 spiro atoms. The van der Waals surface area contributed by atoms with Crippen molar-refractivity contribution in [1.29, 1.82) is 0 Å². The van der Waals surface area contributed by atoms with Gasteiger partial charge in [-0.15, -0.1) is 11.3 Å². The van der Waals surface area contributed by atoms with E-state index in [0.29, 0.717) is 29.1 Å². The van der Waals surface area contributed by atoms with E-state index in [-0.39, 0.29) is 21.8 Å². The number of rotatable bonds is 6.